The van der Waals surface area contributed by atoms with Crippen LogP contribution in [0.3, 0.4) is 0 Å². The second-order valence-corrected chi connectivity index (χ2v) is 6.54. The monoisotopic (exact) mass is 377 g/mol. The molecule has 1 aromatic rings. The van der Waals surface area contributed by atoms with Crippen LogP contribution in [0.4, 0.5) is 4.39 Å². The molecule has 0 bridgehead atoms. The van der Waals surface area contributed by atoms with Crippen molar-refractivity contribution in [2.24, 2.45) is 0 Å². The highest BCUT2D eigenvalue weighted by Crippen LogP contribution is 2.26. The van der Waals surface area contributed by atoms with E-state index in [4.69, 9.17) is 0 Å². The SMILES string of the molecule is Fc1ccc(Br)cc1CN(CCBr)C1CCCC1. The number of hydrogen-bond donors (Lipinski definition) is 0. The van der Waals surface area contributed by atoms with Gasteiger partial charge in [-0.1, -0.05) is 44.7 Å². The van der Waals surface area contributed by atoms with Crippen molar-refractivity contribution in [1.29, 1.82) is 0 Å². The molecule has 0 unspecified atom stereocenters. The Kier molecular flexibility index (Phi) is 5.64. The number of rotatable bonds is 5. The highest BCUT2D eigenvalue weighted by Gasteiger charge is 2.22. The minimum Gasteiger partial charge on any atom is -0.295 e. The molecule has 100 valence electrons. The van der Waals surface area contributed by atoms with Gasteiger partial charge in [0.15, 0.2) is 0 Å². The Morgan fingerprint density at radius 2 is 2.00 bits per heavy atom. The van der Waals surface area contributed by atoms with E-state index in [-0.39, 0.29) is 5.82 Å². The lowest BCUT2D eigenvalue weighted by Gasteiger charge is -2.28. The van der Waals surface area contributed by atoms with E-state index in [1.165, 1.54) is 25.7 Å². The van der Waals surface area contributed by atoms with E-state index in [9.17, 15) is 4.39 Å². The third-order valence-electron chi connectivity index (χ3n) is 3.59. The third-order valence-corrected chi connectivity index (χ3v) is 4.44. The Bertz CT molecular complexity index is 391. The minimum absolute atomic E-state index is 0.101. The van der Waals surface area contributed by atoms with Crippen molar-refractivity contribution in [2.75, 3.05) is 11.9 Å². The van der Waals surface area contributed by atoms with Gasteiger partial charge in [0.2, 0.25) is 0 Å². The number of hydrogen-bond acceptors (Lipinski definition) is 1. The first-order valence-electron chi connectivity index (χ1n) is 6.44. The van der Waals surface area contributed by atoms with Gasteiger partial charge >= 0.3 is 0 Å². The molecule has 0 spiro atoms. The topological polar surface area (TPSA) is 3.24 Å². The van der Waals surface area contributed by atoms with Gasteiger partial charge in [-0.3, -0.25) is 4.90 Å². The van der Waals surface area contributed by atoms with Gasteiger partial charge in [-0.15, -0.1) is 0 Å². The number of nitrogens with zero attached hydrogens (tertiary/aromatic N) is 1. The van der Waals surface area contributed by atoms with Crippen molar-refractivity contribution in [2.45, 2.75) is 38.3 Å². The van der Waals surface area contributed by atoms with Crippen LogP contribution >= 0.6 is 31.9 Å². The maximum Gasteiger partial charge on any atom is 0.127 e. The Morgan fingerprint density at radius 1 is 1.28 bits per heavy atom. The molecule has 4 heteroatoms. The first-order valence-corrected chi connectivity index (χ1v) is 8.36. The van der Waals surface area contributed by atoms with Crippen molar-refractivity contribution in [3.05, 3.63) is 34.1 Å². The molecule has 0 N–H and O–H groups in total. The molecule has 0 radical (unpaired) electrons. The van der Waals surface area contributed by atoms with Crippen LogP contribution in [-0.2, 0) is 6.54 Å². The average molecular weight is 379 g/mol. The Morgan fingerprint density at radius 3 is 2.67 bits per heavy atom. The van der Waals surface area contributed by atoms with Gasteiger partial charge in [0.1, 0.15) is 5.82 Å². The van der Waals surface area contributed by atoms with E-state index < -0.39 is 0 Å². The van der Waals surface area contributed by atoms with Crippen LogP contribution in [0.5, 0.6) is 0 Å². The second kappa shape index (κ2) is 7.01. The quantitative estimate of drug-likeness (QED) is 0.669. The maximum atomic E-state index is 13.8. The summed E-state index contributed by atoms with van der Waals surface area (Å²) in [5.74, 6) is -0.101. The molecule has 0 aliphatic heterocycles. The van der Waals surface area contributed by atoms with Gasteiger partial charge in [-0.05, 0) is 31.0 Å². The van der Waals surface area contributed by atoms with Gasteiger partial charge in [0, 0.05) is 34.5 Å². The molecule has 18 heavy (non-hydrogen) atoms. The van der Waals surface area contributed by atoms with Crippen molar-refractivity contribution < 1.29 is 4.39 Å². The Balaban J connectivity index is 2.09. The molecule has 1 aliphatic carbocycles. The van der Waals surface area contributed by atoms with Crippen molar-refractivity contribution in [1.82, 2.24) is 4.90 Å². The Labute approximate surface area is 125 Å². The van der Waals surface area contributed by atoms with Crippen LogP contribution in [0.15, 0.2) is 22.7 Å². The van der Waals surface area contributed by atoms with E-state index in [0.29, 0.717) is 12.6 Å². The van der Waals surface area contributed by atoms with Crippen molar-refractivity contribution in [3.63, 3.8) is 0 Å². The molecule has 1 nitrogen and oxygen atoms in total. The van der Waals surface area contributed by atoms with E-state index in [1.807, 2.05) is 6.07 Å². The van der Waals surface area contributed by atoms with Crippen LogP contribution in [0.2, 0.25) is 0 Å². The zero-order chi connectivity index (χ0) is 13.0. The highest BCUT2D eigenvalue weighted by atomic mass is 79.9. The number of benzene rings is 1. The van der Waals surface area contributed by atoms with Gasteiger partial charge in [-0.2, -0.15) is 0 Å². The fourth-order valence-corrected chi connectivity index (χ4v) is 3.52. The molecule has 1 fully saturated rings. The molecule has 0 aromatic heterocycles. The van der Waals surface area contributed by atoms with E-state index in [2.05, 4.69) is 36.8 Å². The lowest BCUT2D eigenvalue weighted by atomic mass is 10.1. The normalized spacial score (nSPS) is 16.7. The first kappa shape index (κ1) is 14.5. The van der Waals surface area contributed by atoms with Crippen LogP contribution in [0.25, 0.3) is 0 Å². The Hall–Kier alpha value is 0.0700. The fraction of sp³-hybridized carbons (Fsp3) is 0.571. The predicted molar refractivity (Wildman–Crippen MR) is 80.6 cm³/mol. The van der Waals surface area contributed by atoms with Crippen LogP contribution < -0.4 is 0 Å². The molecule has 0 atom stereocenters. The van der Waals surface area contributed by atoms with Crippen molar-refractivity contribution in [3.8, 4) is 0 Å². The summed E-state index contributed by atoms with van der Waals surface area (Å²) < 4.78 is 14.7. The van der Waals surface area contributed by atoms with Gasteiger partial charge < -0.3 is 0 Å². The summed E-state index contributed by atoms with van der Waals surface area (Å²) in [7, 11) is 0. The first-order chi connectivity index (χ1) is 8.70. The van der Waals surface area contributed by atoms with E-state index >= 15 is 0 Å². The summed E-state index contributed by atoms with van der Waals surface area (Å²) in [5.41, 5.74) is 0.789. The molecule has 0 saturated heterocycles. The molecular weight excluding hydrogens is 361 g/mol. The standard InChI is InChI=1S/C14H18Br2FN/c15-7-8-18(13-3-1-2-4-13)10-11-9-12(16)5-6-14(11)17/h5-6,9,13H,1-4,7-8,10H2. The number of alkyl halides is 1. The van der Waals surface area contributed by atoms with E-state index in [1.54, 1.807) is 12.1 Å². The third kappa shape index (κ3) is 3.78. The molecule has 1 aromatic carbocycles. The summed E-state index contributed by atoms with van der Waals surface area (Å²) >= 11 is 6.91. The van der Waals surface area contributed by atoms with Crippen LogP contribution in [0, 0.1) is 5.82 Å². The molecular formula is C14H18Br2FN. The summed E-state index contributed by atoms with van der Waals surface area (Å²) in [4.78, 5) is 2.41. The van der Waals surface area contributed by atoms with E-state index in [0.717, 1.165) is 21.9 Å². The molecule has 0 amide bonds. The lowest BCUT2D eigenvalue weighted by Crippen LogP contribution is -2.34. The molecule has 0 heterocycles. The molecule has 2 rings (SSSR count). The highest BCUT2D eigenvalue weighted by molar-refractivity contribution is 9.10. The zero-order valence-corrected chi connectivity index (χ0v) is 13.5. The number of halogens is 3. The van der Waals surface area contributed by atoms with Gasteiger partial charge in [0.25, 0.3) is 0 Å². The lowest BCUT2D eigenvalue weighted by molar-refractivity contribution is 0.200. The van der Waals surface area contributed by atoms with Gasteiger partial charge in [0.05, 0.1) is 0 Å². The summed E-state index contributed by atoms with van der Waals surface area (Å²) in [5, 5.41) is 0.944. The predicted octanol–water partition coefficient (Wildman–Crippen LogP) is 4.73. The zero-order valence-electron chi connectivity index (χ0n) is 10.3. The molecule has 1 saturated carbocycles. The summed E-state index contributed by atoms with van der Waals surface area (Å²) in [6.45, 7) is 1.69. The minimum atomic E-state index is -0.101. The van der Waals surface area contributed by atoms with Gasteiger partial charge in [-0.25, -0.2) is 4.39 Å². The molecule has 1 aliphatic rings. The average Bonchev–Trinajstić information content (AvgIpc) is 2.87. The fourth-order valence-electron chi connectivity index (χ4n) is 2.65. The summed E-state index contributed by atoms with van der Waals surface area (Å²) in [6, 6.07) is 5.82. The van der Waals surface area contributed by atoms with Crippen LogP contribution in [0.1, 0.15) is 31.2 Å². The largest absolute Gasteiger partial charge is 0.295 e. The smallest absolute Gasteiger partial charge is 0.127 e. The maximum absolute atomic E-state index is 13.8. The summed E-state index contributed by atoms with van der Waals surface area (Å²) in [6.07, 6.45) is 5.13. The van der Waals surface area contributed by atoms with Crippen molar-refractivity contribution >= 4 is 31.9 Å². The second-order valence-electron chi connectivity index (χ2n) is 4.83. The van der Waals surface area contributed by atoms with Crippen LogP contribution in [-0.4, -0.2) is 22.8 Å².